The Morgan fingerprint density at radius 1 is 1.22 bits per heavy atom. The molecule has 1 aliphatic rings. The van der Waals surface area contributed by atoms with Crippen LogP contribution in [0.3, 0.4) is 0 Å². The first-order valence-corrected chi connectivity index (χ1v) is 8.94. The van der Waals surface area contributed by atoms with Gasteiger partial charge < -0.3 is 15.1 Å². The van der Waals surface area contributed by atoms with Gasteiger partial charge in [-0.15, -0.1) is 24.8 Å². The van der Waals surface area contributed by atoms with E-state index in [9.17, 15) is 4.79 Å². The molecule has 1 aromatic carbocycles. The van der Waals surface area contributed by atoms with Gasteiger partial charge in [-0.25, -0.2) is 4.98 Å². The van der Waals surface area contributed by atoms with Crippen LogP contribution in [-0.2, 0) is 11.2 Å². The first-order chi connectivity index (χ1) is 12.2. The number of nitrogens with one attached hydrogen (secondary N) is 2. The summed E-state index contributed by atoms with van der Waals surface area (Å²) in [5, 5.41) is 6.31. The largest absolute Gasteiger partial charge is 0.440 e. The maximum absolute atomic E-state index is 12.0. The number of hydrogen-bond donors (Lipinski definition) is 2. The standard InChI is InChI=1S/C19H26N4O2.2ClH/c1-15-19(16-5-3-2-4-6-16)25-18(22-15)8-7-17(24)21-11-14-23-12-9-20-10-13-23;;/h2-6,20H,7-14H2,1H3,(H,21,24);2*1H. The first-order valence-electron chi connectivity index (χ1n) is 8.94. The number of piperazine rings is 1. The quantitative estimate of drug-likeness (QED) is 0.727. The van der Waals surface area contributed by atoms with E-state index >= 15 is 0 Å². The summed E-state index contributed by atoms with van der Waals surface area (Å²) < 4.78 is 5.84. The first kappa shape index (κ1) is 23.4. The summed E-state index contributed by atoms with van der Waals surface area (Å²) in [6.07, 6.45) is 0.920. The van der Waals surface area contributed by atoms with Crippen LogP contribution in [-0.4, -0.2) is 55.1 Å². The molecule has 2 N–H and O–H groups in total. The third-order valence-corrected chi connectivity index (χ3v) is 4.40. The third kappa shape index (κ3) is 7.14. The minimum atomic E-state index is 0. The van der Waals surface area contributed by atoms with Gasteiger partial charge in [0.15, 0.2) is 11.7 Å². The summed E-state index contributed by atoms with van der Waals surface area (Å²) in [5.74, 6) is 1.45. The van der Waals surface area contributed by atoms with Crippen molar-refractivity contribution in [3.8, 4) is 11.3 Å². The van der Waals surface area contributed by atoms with Crippen LogP contribution in [0.2, 0.25) is 0 Å². The molecule has 1 fully saturated rings. The van der Waals surface area contributed by atoms with Crippen LogP contribution < -0.4 is 10.6 Å². The molecule has 0 atom stereocenters. The van der Waals surface area contributed by atoms with Crippen molar-refractivity contribution in [2.24, 2.45) is 0 Å². The summed E-state index contributed by atoms with van der Waals surface area (Å²) in [5.41, 5.74) is 1.87. The van der Waals surface area contributed by atoms with E-state index < -0.39 is 0 Å². The van der Waals surface area contributed by atoms with Crippen molar-refractivity contribution >= 4 is 30.7 Å². The van der Waals surface area contributed by atoms with E-state index in [0.29, 0.717) is 25.3 Å². The number of rotatable bonds is 7. The van der Waals surface area contributed by atoms with E-state index in [4.69, 9.17) is 4.42 Å². The normalized spacial score (nSPS) is 14.1. The minimum Gasteiger partial charge on any atom is -0.440 e. The smallest absolute Gasteiger partial charge is 0.220 e. The Morgan fingerprint density at radius 2 is 1.93 bits per heavy atom. The van der Waals surface area contributed by atoms with E-state index in [2.05, 4.69) is 20.5 Å². The molecule has 0 radical (unpaired) electrons. The van der Waals surface area contributed by atoms with Crippen LogP contribution in [0.4, 0.5) is 0 Å². The molecule has 1 aliphatic heterocycles. The molecular formula is C19H28Cl2N4O2. The number of nitrogens with zero attached hydrogens (tertiary/aromatic N) is 2. The Hall–Kier alpha value is -1.60. The van der Waals surface area contributed by atoms with Crippen molar-refractivity contribution in [2.45, 2.75) is 19.8 Å². The lowest BCUT2D eigenvalue weighted by Gasteiger charge is -2.27. The summed E-state index contributed by atoms with van der Waals surface area (Å²) >= 11 is 0. The predicted molar refractivity (Wildman–Crippen MR) is 112 cm³/mol. The average molecular weight is 415 g/mol. The minimum absolute atomic E-state index is 0. The molecule has 2 aromatic rings. The van der Waals surface area contributed by atoms with Gasteiger partial charge in [-0.2, -0.15) is 0 Å². The molecule has 3 rings (SSSR count). The lowest BCUT2D eigenvalue weighted by molar-refractivity contribution is -0.121. The van der Waals surface area contributed by atoms with Crippen molar-refractivity contribution in [1.29, 1.82) is 0 Å². The molecule has 6 nitrogen and oxygen atoms in total. The average Bonchev–Trinajstić information content (AvgIpc) is 3.02. The van der Waals surface area contributed by atoms with Crippen LogP contribution in [0.25, 0.3) is 11.3 Å². The van der Waals surface area contributed by atoms with Crippen molar-refractivity contribution in [1.82, 2.24) is 20.5 Å². The molecule has 0 spiro atoms. The Morgan fingerprint density at radius 3 is 2.63 bits per heavy atom. The van der Waals surface area contributed by atoms with Gasteiger partial charge in [0.2, 0.25) is 5.91 Å². The number of carbonyl (C=O) groups excluding carboxylic acids is 1. The van der Waals surface area contributed by atoms with Crippen molar-refractivity contribution < 1.29 is 9.21 Å². The van der Waals surface area contributed by atoms with Crippen LogP contribution in [0.1, 0.15) is 18.0 Å². The van der Waals surface area contributed by atoms with Gasteiger partial charge in [-0.05, 0) is 6.92 Å². The molecule has 1 aromatic heterocycles. The molecule has 2 heterocycles. The SMILES string of the molecule is Cc1nc(CCC(=O)NCCN2CCNCC2)oc1-c1ccccc1.Cl.Cl. The molecule has 0 unspecified atom stereocenters. The summed E-state index contributed by atoms with van der Waals surface area (Å²) in [6.45, 7) is 7.69. The van der Waals surface area contributed by atoms with Gasteiger partial charge >= 0.3 is 0 Å². The fourth-order valence-electron chi connectivity index (χ4n) is 3.01. The second-order valence-electron chi connectivity index (χ2n) is 6.33. The zero-order chi connectivity index (χ0) is 17.5. The van der Waals surface area contributed by atoms with E-state index in [-0.39, 0.29) is 30.7 Å². The van der Waals surface area contributed by atoms with Gasteiger partial charge in [0, 0.05) is 57.7 Å². The van der Waals surface area contributed by atoms with E-state index in [1.54, 1.807) is 0 Å². The number of aryl methyl sites for hydroxylation is 2. The second kappa shape index (κ2) is 12.0. The molecule has 8 heteroatoms. The molecule has 0 bridgehead atoms. The van der Waals surface area contributed by atoms with Crippen molar-refractivity contribution in [3.63, 3.8) is 0 Å². The van der Waals surface area contributed by atoms with E-state index in [0.717, 1.165) is 49.7 Å². The molecule has 0 saturated carbocycles. The number of benzene rings is 1. The van der Waals surface area contributed by atoms with Gasteiger partial charge in [-0.1, -0.05) is 30.3 Å². The fraction of sp³-hybridized carbons (Fsp3) is 0.474. The zero-order valence-electron chi connectivity index (χ0n) is 15.6. The maximum Gasteiger partial charge on any atom is 0.220 e. The highest BCUT2D eigenvalue weighted by atomic mass is 35.5. The second-order valence-corrected chi connectivity index (χ2v) is 6.33. The lowest BCUT2D eigenvalue weighted by Crippen LogP contribution is -2.46. The summed E-state index contributed by atoms with van der Waals surface area (Å²) in [4.78, 5) is 18.8. The van der Waals surface area contributed by atoms with Gasteiger partial charge in [0.25, 0.3) is 0 Å². The third-order valence-electron chi connectivity index (χ3n) is 4.40. The Kier molecular flexibility index (Phi) is 10.4. The molecule has 0 aliphatic carbocycles. The van der Waals surface area contributed by atoms with Crippen molar-refractivity contribution in [3.05, 3.63) is 41.9 Å². The fourth-order valence-corrected chi connectivity index (χ4v) is 3.01. The van der Waals surface area contributed by atoms with Crippen LogP contribution in [0.5, 0.6) is 0 Å². The Bertz CT molecular complexity index is 688. The molecule has 150 valence electrons. The van der Waals surface area contributed by atoms with E-state index in [1.165, 1.54) is 0 Å². The number of amides is 1. The molecule has 1 amide bonds. The molecule has 27 heavy (non-hydrogen) atoms. The van der Waals surface area contributed by atoms with Crippen LogP contribution >= 0.6 is 24.8 Å². The Labute approximate surface area is 172 Å². The number of aromatic nitrogens is 1. The number of oxazole rings is 1. The monoisotopic (exact) mass is 414 g/mol. The highest BCUT2D eigenvalue weighted by molar-refractivity contribution is 5.85. The highest BCUT2D eigenvalue weighted by Gasteiger charge is 2.13. The van der Waals surface area contributed by atoms with Gasteiger partial charge in [-0.3, -0.25) is 9.69 Å². The maximum atomic E-state index is 12.0. The molecular weight excluding hydrogens is 387 g/mol. The topological polar surface area (TPSA) is 70.4 Å². The van der Waals surface area contributed by atoms with Crippen LogP contribution in [0.15, 0.2) is 34.7 Å². The van der Waals surface area contributed by atoms with Gasteiger partial charge in [0.1, 0.15) is 0 Å². The summed E-state index contributed by atoms with van der Waals surface area (Å²) in [6, 6.07) is 9.92. The van der Waals surface area contributed by atoms with Crippen LogP contribution in [0, 0.1) is 6.92 Å². The van der Waals surface area contributed by atoms with E-state index in [1.807, 2.05) is 37.3 Å². The predicted octanol–water partition coefficient (Wildman–Crippen LogP) is 2.45. The summed E-state index contributed by atoms with van der Waals surface area (Å²) in [7, 11) is 0. The Balaban J connectivity index is 0.00000182. The number of hydrogen-bond acceptors (Lipinski definition) is 5. The lowest BCUT2D eigenvalue weighted by atomic mass is 10.1. The zero-order valence-corrected chi connectivity index (χ0v) is 17.2. The van der Waals surface area contributed by atoms with Gasteiger partial charge in [0.05, 0.1) is 5.69 Å². The molecule has 1 saturated heterocycles. The highest BCUT2D eigenvalue weighted by Crippen LogP contribution is 2.24. The number of halogens is 2. The number of carbonyl (C=O) groups is 1. The van der Waals surface area contributed by atoms with Crippen molar-refractivity contribution in [2.75, 3.05) is 39.3 Å².